The fourth-order valence-corrected chi connectivity index (χ4v) is 4.21. The van der Waals surface area contributed by atoms with Gasteiger partial charge in [-0.05, 0) is 70.4 Å². The molecule has 0 aromatic heterocycles. The molecule has 0 bridgehead atoms. The minimum atomic E-state index is -3.57. The van der Waals surface area contributed by atoms with Gasteiger partial charge in [-0.3, -0.25) is 0 Å². The molecule has 0 spiro atoms. The molecule has 4 rings (SSSR count). The third kappa shape index (κ3) is 4.59. The maximum atomic E-state index is 12.9. The second kappa shape index (κ2) is 8.38. The van der Waals surface area contributed by atoms with Gasteiger partial charge in [-0.1, -0.05) is 0 Å². The molecule has 0 amide bonds. The first-order valence-corrected chi connectivity index (χ1v) is 10.7. The Morgan fingerprint density at radius 3 is 1.17 bits per heavy atom. The monoisotopic (exact) mass is 394 g/mol. The van der Waals surface area contributed by atoms with E-state index in [4.69, 9.17) is 0 Å². The highest BCUT2D eigenvalue weighted by Gasteiger charge is 2.07. The summed E-state index contributed by atoms with van der Waals surface area (Å²) in [6.45, 7) is 0. The third-order valence-corrected chi connectivity index (χ3v) is 6.24. The van der Waals surface area contributed by atoms with Crippen LogP contribution in [0.3, 0.4) is 0 Å². The van der Waals surface area contributed by atoms with Crippen molar-refractivity contribution in [2.75, 3.05) is 0 Å². The summed E-state index contributed by atoms with van der Waals surface area (Å²) in [5.41, 5.74) is 3.56. The van der Waals surface area contributed by atoms with Gasteiger partial charge in [0, 0.05) is 60.7 Å². The summed E-state index contributed by atoms with van der Waals surface area (Å²) in [4.78, 5) is 0.528. The van der Waals surface area contributed by atoms with Crippen LogP contribution in [-0.4, -0.2) is 18.8 Å². The molecule has 0 saturated carbocycles. The molecule has 3 heteroatoms. The van der Waals surface area contributed by atoms with E-state index in [9.17, 15) is 9.11 Å². The van der Waals surface area contributed by atoms with Gasteiger partial charge in [-0.15, -0.1) is 0 Å². The van der Waals surface area contributed by atoms with Gasteiger partial charge in [0.1, 0.15) is 22.3 Å². The smallest absolute Gasteiger partial charge is 0.122 e. The van der Waals surface area contributed by atoms with E-state index in [1.54, 1.807) is 48.6 Å². The molecule has 2 aliphatic carbocycles. The van der Waals surface area contributed by atoms with E-state index < -0.39 is 9.77 Å². The largest absolute Gasteiger partial charge is 0.816 e. The number of allylic oxidation sites excluding steroid dienone is 10. The normalized spacial score (nSPS) is 15.5. The Bertz CT molecular complexity index is 1070. The van der Waals surface area contributed by atoms with Crippen molar-refractivity contribution in [3.63, 3.8) is 0 Å². The lowest BCUT2D eigenvalue weighted by atomic mass is 10.1. The summed E-state index contributed by atoms with van der Waals surface area (Å²) in [6.07, 6.45) is 20.1. The van der Waals surface area contributed by atoms with Crippen molar-refractivity contribution in [3.8, 4) is 0 Å². The van der Waals surface area contributed by atoms with Gasteiger partial charge >= 0.3 is 0 Å². The van der Waals surface area contributed by atoms with Crippen LogP contribution in [0.5, 0.6) is 0 Å². The lowest BCUT2D eigenvalue weighted by Gasteiger charge is -2.37. The first-order valence-electron chi connectivity index (χ1n) is 9.21. The fourth-order valence-electron chi connectivity index (χ4n) is 2.95. The van der Waals surface area contributed by atoms with Crippen molar-refractivity contribution in [1.29, 1.82) is 0 Å². The maximum Gasteiger partial charge on any atom is 0.122 e. The topological polar surface area (TPSA) is 46.1 Å². The summed E-state index contributed by atoms with van der Waals surface area (Å²) < 4.78 is 25.9. The molecular formula is C26H18O2S. The van der Waals surface area contributed by atoms with Crippen molar-refractivity contribution in [2.45, 2.75) is 0 Å². The molecule has 2 aromatic carbocycles. The second-order valence-corrected chi connectivity index (χ2v) is 8.48. The van der Waals surface area contributed by atoms with E-state index in [0.717, 1.165) is 22.3 Å². The molecular weight excluding hydrogens is 376 g/mol. The Morgan fingerprint density at radius 1 is 0.483 bits per heavy atom. The van der Waals surface area contributed by atoms with Crippen molar-refractivity contribution in [1.82, 2.24) is 0 Å². The Labute approximate surface area is 172 Å². The molecule has 2 aromatic rings. The lowest BCUT2D eigenvalue weighted by molar-refractivity contribution is 0.486. The maximum absolute atomic E-state index is 12.9. The van der Waals surface area contributed by atoms with Crippen molar-refractivity contribution in [3.05, 3.63) is 144 Å². The zero-order chi connectivity index (χ0) is 20.1. The Morgan fingerprint density at radius 2 is 0.828 bits per heavy atom. The van der Waals surface area contributed by atoms with E-state index in [2.05, 4.69) is 12.2 Å². The number of rotatable bonds is 2. The van der Waals surface area contributed by atoms with Gasteiger partial charge in [-0.2, -0.15) is 0 Å². The minimum absolute atomic E-state index is 0.264. The van der Waals surface area contributed by atoms with Crippen molar-refractivity contribution in [2.24, 2.45) is 0 Å². The van der Waals surface area contributed by atoms with Gasteiger partial charge in [0.25, 0.3) is 0 Å². The van der Waals surface area contributed by atoms with Crippen LogP contribution < -0.4 is 0 Å². The fraction of sp³-hybridized carbons (Fsp3) is 0. The third-order valence-electron chi connectivity index (χ3n) is 4.45. The molecule has 0 aliphatic heterocycles. The van der Waals surface area contributed by atoms with E-state index in [1.165, 1.54) is 0 Å². The van der Waals surface area contributed by atoms with Gasteiger partial charge in [0.05, 0.1) is 0 Å². The molecule has 0 atom stereocenters. The summed E-state index contributed by atoms with van der Waals surface area (Å²) >= 11 is 0. The van der Waals surface area contributed by atoms with Crippen LogP contribution in [0, 0.1) is 12.2 Å². The SMILES string of the molecule is [O-]S([O-])(=C1C=CC(=[C+]c2ccccc2)C=C1)=C1C=CC(=[C+]c2ccccc2)C=C1. The highest BCUT2D eigenvalue weighted by molar-refractivity contribution is 8.22. The van der Waals surface area contributed by atoms with Crippen LogP contribution in [-0.2, 0) is 0 Å². The quantitative estimate of drug-likeness (QED) is 0.519. The first kappa shape index (κ1) is 19.0. The molecule has 2 aliphatic rings. The minimum Gasteiger partial charge on any atom is -0.816 e. The zero-order valence-corrected chi connectivity index (χ0v) is 16.4. The summed E-state index contributed by atoms with van der Waals surface area (Å²) in [7, 11) is -3.57. The second-order valence-electron chi connectivity index (χ2n) is 6.53. The van der Waals surface area contributed by atoms with Gasteiger partial charge in [0.15, 0.2) is 0 Å². The zero-order valence-electron chi connectivity index (χ0n) is 15.6. The summed E-state index contributed by atoms with van der Waals surface area (Å²) in [5, 5.41) is 0. The number of benzene rings is 2. The van der Waals surface area contributed by atoms with E-state index in [1.807, 2.05) is 60.7 Å². The van der Waals surface area contributed by atoms with Crippen LogP contribution in [0.15, 0.2) is 120 Å². The van der Waals surface area contributed by atoms with Gasteiger partial charge in [-0.25, -0.2) is 0 Å². The predicted molar refractivity (Wildman–Crippen MR) is 120 cm³/mol. The van der Waals surface area contributed by atoms with Crippen LogP contribution in [0.25, 0.3) is 0 Å². The van der Waals surface area contributed by atoms with Crippen LogP contribution in [0.1, 0.15) is 11.1 Å². The lowest BCUT2D eigenvalue weighted by Crippen LogP contribution is -2.05. The van der Waals surface area contributed by atoms with Gasteiger partial charge < -0.3 is 18.9 Å². The molecule has 0 N–H and O–H groups in total. The Hall–Kier alpha value is -3.29. The van der Waals surface area contributed by atoms with Crippen molar-refractivity contribution < 1.29 is 9.11 Å². The van der Waals surface area contributed by atoms with Crippen LogP contribution in [0.2, 0.25) is 0 Å². The summed E-state index contributed by atoms with van der Waals surface area (Å²) in [5.74, 6) is 0. The molecule has 0 saturated heterocycles. The summed E-state index contributed by atoms with van der Waals surface area (Å²) in [6, 6.07) is 19.5. The molecule has 0 unspecified atom stereocenters. The molecule has 29 heavy (non-hydrogen) atoms. The molecule has 140 valence electrons. The van der Waals surface area contributed by atoms with Gasteiger partial charge in [0.2, 0.25) is 0 Å². The Kier molecular flexibility index (Phi) is 5.50. The van der Waals surface area contributed by atoms with Crippen LogP contribution in [0.4, 0.5) is 0 Å². The standard InChI is InChI=1S/C26H18O2S/c27-29(28,25-15-11-23(12-16-25)19-21-7-3-1-4-8-21)26-17-13-24(14-18-26)20-22-9-5-2-6-10-22/h1-18H. The number of hydrogen-bond acceptors (Lipinski definition) is 2. The average molecular weight is 394 g/mol. The van der Waals surface area contributed by atoms with Crippen LogP contribution >= 0.6 is 9.77 Å². The number of hydrogen-bond donors (Lipinski definition) is 0. The molecule has 2 nitrogen and oxygen atoms in total. The highest BCUT2D eigenvalue weighted by atomic mass is 32.2. The Balaban J connectivity index is 1.62. The van der Waals surface area contributed by atoms with E-state index >= 15 is 0 Å². The molecule has 0 heterocycles. The van der Waals surface area contributed by atoms with E-state index in [-0.39, 0.29) is 9.73 Å². The van der Waals surface area contributed by atoms with E-state index in [0.29, 0.717) is 0 Å². The highest BCUT2D eigenvalue weighted by Crippen LogP contribution is 2.26. The van der Waals surface area contributed by atoms with Crippen molar-refractivity contribution >= 4 is 19.5 Å². The average Bonchev–Trinajstić information content (AvgIpc) is 2.76. The molecule has 0 fully saturated rings. The molecule has 0 radical (unpaired) electrons. The predicted octanol–water partition coefficient (Wildman–Crippen LogP) is 5.20. The first-order chi connectivity index (χ1) is 14.1.